The van der Waals surface area contributed by atoms with E-state index in [1.165, 1.54) is 5.56 Å². The Morgan fingerprint density at radius 2 is 1.52 bits per heavy atom. The molecule has 144 valence electrons. The van der Waals surface area contributed by atoms with Crippen LogP contribution in [0.15, 0.2) is 48.5 Å². The first-order valence-electron chi connectivity index (χ1n) is 9.23. The molecule has 0 spiro atoms. The van der Waals surface area contributed by atoms with Crippen molar-refractivity contribution in [3.8, 4) is 5.75 Å². The summed E-state index contributed by atoms with van der Waals surface area (Å²) in [5, 5.41) is 5.45. The summed E-state index contributed by atoms with van der Waals surface area (Å²) < 4.78 is 5.10. The maximum absolute atomic E-state index is 11.9. The smallest absolute Gasteiger partial charge is 0.239 e. The molecule has 0 unspecified atom stereocenters. The Morgan fingerprint density at radius 3 is 2.11 bits per heavy atom. The standard InChI is InChI=1S/C22H28N2O3/c1-16(2)19-9-4-17(5-10-19)8-13-21(25)24-15-22(26)23-14-18-6-11-20(27-3)12-7-18/h4-7,9-12,16H,8,13-15H2,1-3H3,(H,23,26)(H,24,25). The molecular weight excluding hydrogens is 340 g/mol. The maximum Gasteiger partial charge on any atom is 0.239 e. The third-order valence-corrected chi connectivity index (χ3v) is 4.38. The minimum Gasteiger partial charge on any atom is -0.497 e. The van der Waals surface area contributed by atoms with E-state index in [9.17, 15) is 9.59 Å². The van der Waals surface area contributed by atoms with E-state index in [2.05, 4.69) is 48.7 Å². The van der Waals surface area contributed by atoms with E-state index in [1.807, 2.05) is 24.3 Å². The highest BCUT2D eigenvalue weighted by molar-refractivity contribution is 5.84. The fraction of sp³-hybridized carbons (Fsp3) is 0.364. The van der Waals surface area contributed by atoms with Crippen LogP contribution in [0.2, 0.25) is 0 Å². The Bertz CT molecular complexity index is 737. The van der Waals surface area contributed by atoms with Crippen molar-refractivity contribution in [1.82, 2.24) is 10.6 Å². The van der Waals surface area contributed by atoms with Crippen molar-refractivity contribution in [1.29, 1.82) is 0 Å². The molecule has 0 saturated carbocycles. The molecule has 0 aliphatic heterocycles. The molecule has 0 radical (unpaired) electrons. The molecule has 2 amide bonds. The van der Waals surface area contributed by atoms with Crippen LogP contribution in [-0.2, 0) is 22.6 Å². The third-order valence-electron chi connectivity index (χ3n) is 4.38. The van der Waals surface area contributed by atoms with Gasteiger partial charge < -0.3 is 15.4 Å². The summed E-state index contributed by atoms with van der Waals surface area (Å²) in [7, 11) is 1.61. The lowest BCUT2D eigenvalue weighted by atomic mass is 10.0. The van der Waals surface area contributed by atoms with Gasteiger partial charge in [0.1, 0.15) is 5.75 Å². The predicted octanol–water partition coefficient (Wildman–Crippen LogP) is 3.18. The van der Waals surface area contributed by atoms with Gasteiger partial charge in [-0.2, -0.15) is 0 Å². The van der Waals surface area contributed by atoms with Crippen molar-refractivity contribution in [2.24, 2.45) is 0 Å². The summed E-state index contributed by atoms with van der Waals surface area (Å²) >= 11 is 0. The lowest BCUT2D eigenvalue weighted by Gasteiger charge is -2.09. The Labute approximate surface area is 161 Å². The minimum absolute atomic E-state index is 0.0126. The first kappa shape index (κ1) is 20.5. The lowest BCUT2D eigenvalue weighted by molar-refractivity contribution is -0.126. The van der Waals surface area contributed by atoms with Gasteiger partial charge in [-0.3, -0.25) is 9.59 Å². The monoisotopic (exact) mass is 368 g/mol. The number of carbonyl (C=O) groups is 2. The number of hydrogen-bond donors (Lipinski definition) is 2. The first-order valence-corrected chi connectivity index (χ1v) is 9.23. The zero-order valence-corrected chi connectivity index (χ0v) is 16.2. The predicted molar refractivity (Wildman–Crippen MR) is 107 cm³/mol. The number of ether oxygens (including phenoxy) is 1. The van der Waals surface area contributed by atoms with E-state index in [0.29, 0.717) is 25.3 Å². The number of aryl methyl sites for hydroxylation is 1. The molecule has 0 aromatic heterocycles. The van der Waals surface area contributed by atoms with Gasteiger partial charge >= 0.3 is 0 Å². The van der Waals surface area contributed by atoms with Crippen molar-refractivity contribution in [2.45, 2.75) is 39.2 Å². The Morgan fingerprint density at radius 1 is 0.889 bits per heavy atom. The minimum atomic E-state index is -0.208. The molecule has 5 nitrogen and oxygen atoms in total. The van der Waals surface area contributed by atoms with E-state index in [0.717, 1.165) is 16.9 Å². The summed E-state index contributed by atoms with van der Waals surface area (Å²) in [6.45, 7) is 4.71. The summed E-state index contributed by atoms with van der Waals surface area (Å²) in [6.07, 6.45) is 1.03. The van der Waals surface area contributed by atoms with Gasteiger partial charge in [-0.25, -0.2) is 0 Å². The van der Waals surface area contributed by atoms with Gasteiger partial charge in [-0.15, -0.1) is 0 Å². The number of methoxy groups -OCH3 is 1. The lowest BCUT2D eigenvalue weighted by Crippen LogP contribution is -2.36. The van der Waals surface area contributed by atoms with Crippen molar-refractivity contribution >= 4 is 11.8 Å². The molecule has 0 heterocycles. The molecule has 0 bridgehead atoms. The SMILES string of the molecule is COc1ccc(CNC(=O)CNC(=O)CCc2ccc(C(C)C)cc2)cc1. The van der Waals surface area contributed by atoms with Gasteiger partial charge in [0, 0.05) is 13.0 Å². The Balaban J connectivity index is 1.66. The van der Waals surface area contributed by atoms with Gasteiger partial charge in [-0.05, 0) is 41.2 Å². The fourth-order valence-electron chi connectivity index (χ4n) is 2.60. The highest BCUT2D eigenvalue weighted by Gasteiger charge is 2.07. The summed E-state index contributed by atoms with van der Waals surface area (Å²) in [5.74, 6) is 0.943. The molecule has 27 heavy (non-hydrogen) atoms. The van der Waals surface area contributed by atoms with E-state index in [-0.39, 0.29) is 18.4 Å². The normalized spacial score (nSPS) is 10.5. The molecular formula is C22H28N2O3. The molecule has 0 fully saturated rings. The molecule has 0 saturated heterocycles. The maximum atomic E-state index is 11.9. The number of rotatable bonds is 9. The Hall–Kier alpha value is -2.82. The molecule has 2 aromatic carbocycles. The van der Waals surface area contributed by atoms with Crippen LogP contribution in [0.3, 0.4) is 0 Å². The molecule has 2 aromatic rings. The molecule has 2 rings (SSSR count). The Kier molecular flexibility index (Phi) is 7.86. The van der Waals surface area contributed by atoms with Crippen molar-refractivity contribution in [3.05, 3.63) is 65.2 Å². The van der Waals surface area contributed by atoms with Crippen LogP contribution in [0.25, 0.3) is 0 Å². The number of hydrogen-bond acceptors (Lipinski definition) is 3. The van der Waals surface area contributed by atoms with E-state index in [1.54, 1.807) is 7.11 Å². The summed E-state index contributed by atoms with van der Waals surface area (Å²) in [6, 6.07) is 15.8. The van der Waals surface area contributed by atoms with E-state index >= 15 is 0 Å². The van der Waals surface area contributed by atoms with Gasteiger partial charge in [0.2, 0.25) is 11.8 Å². The molecule has 2 N–H and O–H groups in total. The number of amides is 2. The second kappa shape index (κ2) is 10.4. The van der Waals surface area contributed by atoms with Crippen LogP contribution in [0.1, 0.15) is 42.9 Å². The van der Waals surface area contributed by atoms with Crippen LogP contribution in [0, 0.1) is 0 Å². The quantitative estimate of drug-likeness (QED) is 0.714. The average molecular weight is 368 g/mol. The number of carbonyl (C=O) groups excluding carboxylic acids is 2. The molecule has 0 aliphatic carbocycles. The zero-order chi connectivity index (χ0) is 19.6. The van der Waals surface area contributed by atoms with Gasteiger partial charge in [0.25, 0.3) is 0 Å². The average Bonchev–Trinajstić information content (AvgIpc) is 2.69. The van der Waals surface area contributed by atoms with Crippen molar-refractivity contribution < 1.29 is 14.3 Å². The van der Waals surface area contributed by atoms with Gasteiger partial charge in [-0.1, -0.05) is 50.2 Å². The fourth-order valence-corrected chi connectivity index (χ4v) is 2.60. The second-order valence-electron chi connectivity index (χ2n) is 6.80. The van der Waals surface area contributed by atoms with E-state index < -0.39 is 0 Å². The molecule has 0 aliphatic rings. The van der Waals surface area contributed by atoms with Gasteiger partial charge in [0.15, 0.2) is 0 Å². The summed E-state index contributed by atoms with van der Waals surface area (Å²) in [5.41, 5.74) is 3.38. The first-order chi connectivity index (χ1) is 13.0. The van der Waals surface area contributed by atoms with Crippen LogP contribution in [-0.4, -0.2) is 25.5 Å². The van der Waals surface area contributed by atoms with Crippen molar-refractivity contribution in [2.75, 3.05) is 13.7 Å². The largest absolute Gasteiger partial charge is 0.497 e. The highest BCUT2D eigenvalue weighted by atomic mass is 16.5. The third kappa shape index (κ3) is 7.13. The molecule has 0 atom stereocenters. The van der Waals surface area contributed by atoms with Crippen molar-refractivity contribution in [3.63, 3.8) is 0 Å². The summed E-state index contributed by atoms with van der Waals surface area (Å²) in [4.78, 5) is 23.8. The highest BCUT2D eigenvalue weighted by Crippen LogP contribution is 2.15. The zero-order valence-electron chi connectivity index (χ0n) is 16.2. The van der Waals surface area contributed by atoms with Gasteiger partial charge in [0.05, 0.1) is 13.7 Å². The van der Waals surface area contributed by atoms with Crippen LogP contribution < -0.4 is 15.4 Å². The molecule has 5 heteroatoms. The number of benzene rings is 2. The van der Waals surface area contributed by atoms with E-state index in [4.69, 9.17) is 4.74 Å². The topological polar surface area (TPSA) is 67.4 Å². The van der Waals surface area contributed by atoms with Crippen LogP contribution in [0.5, 0.6) is 5.75 Å². The number of nitrogens with one attached hydrogen (secondary N) is 2. The van der Waals surface area contributed by atoms with Crippen LogP contribution >= 0.6 is 0 Å². The second-order valence-corrected chi connectivity index (χ2v) is 6.80. The van der Waals surface area contributed by atoms with Crippen LogP contribution in [0.4, 0.5) is 0 Å².